The van der Waals surface area contributed by atoms with Crippen molar-refractivity contribution < 1.29 is 4.74 Å². The molecule has 3 nitrogen and oxygen atoms in total. The lowest BCUT2D eigenvalue weighted by Crippen LogP contribution is -2.72. The largest absolute Gasteiger partial charge is 0.377 e. The van der Waals surface area contributed by atoms with Gasteiger partial charge in [-0.3, -0.25) is 4.90 Å². The van der Waals surface area contributed by atoms with E-state index < -0.39 is 0 Å². The number of rotatable bonds is 6. The van der Waals surface area contributed by atoms with Crippen molar-refractivity contribution in [2.45, 2.75) is 33.8 Å². The summed E-state index contributed by atoms with van der Waals surface area (Å²) in [6.07, 6.45) is 0.371. The summed E-state index contributed by atoms with van der Waals surface area (Å²) in [5.74, 6) is 0.808. The summed E-state index contributed by atoms with van der Waals surface area (Å²) in [4.78, 5) is 5.14. The van der Waals surface area contributed by atoms with Gasteiger partial charge in [0.2, 0.25) is 0 Å². The highest BCUT2D eigenvalue weighted by Crippen LogP contribution is 2.39. The number of hydrogen-bond donors (Lipinski definition) is 0. The molecule has 0 aromatic carbocycles. The second-order valence-electron chi connectivity index (χ2n) is 6.69. The predicted molar refractivity (Wildman–Crippen MR) is 71.2 cm³/mol. The van der Waals surface area contributed by atoms with Crippen LogP contribution in [0.5, 0.6) is 0 Å². The first-order chi connectivity index (χ1) is 7.99. The second kappa shape index (κ2) is 5.25. The van der Waals surface area contributed by atoms with Gasteiger partial charge in [-0.1, -0.05) is 13.8 Å². The maximum atomic E-state index is 5.59. The fraction of sp³-hybridized carbons (Fsp3) is 1.00. The van der Waals surface area contributed by atoms with E-state index in [1.165, 1.54) is 32.7 Å². The van der Waals surface area contributed by atoms with E-state index in [9.17, 15) is 0 Å². The zero-order valence-electron chi connectivity index (χ0n) is 11.9. The maximum absolute atomic E-state index is 5.59. The third-order valence-corrected chi connectivity index (χ3v) is 3.72. The lowest BCUT2D eigenvalue weighted by atomic mass is 9.72. The van der Waals surface area contributed by atoms with Crippen LogP contribution in [0.4, 0.5) is 0 Å². The Morgan fingerprint density at radius 2 is 1.59 bits per heavy atom. The summed E-state index contributed by atoms with van der Waals surface area (Å²) in [5, 5.41) is 0. The molecule has 2 aliphatic heterocycles. The molecule has 0 atom stereocenters. The highest BCUT2D eigenvalue weighted by Gasteiger charge is 2.50. The third kappa shape index (κ3) is 3.43. The van der Waals surface area contributed by atoms with Gasteiger partial charge in [-0.05, 0) is 19.8 Å². The van der Waals surface area contributed by atoms with Crippen LogP contribution in [0, 0.1) is 11.3 Å². The molecule has 17 heavy (non-hydrogen) atoms. The first kappa shape index (κ1) is 13.3. The molecule has 2 aliphatic rings. The lowest BCUT2D eigenvalue weighted by molar-refractivity contribution is -0.123. The average molecular weight is 240 g/mol. The van der Waals surface area contributed by atoms with E-state index in [2.05, 4.69) is 37.5 Å². The number of hydrogen-bond acceptors (Lipinski definition) is 3. The van der Waals surface area contributed by atoms with Crippen LogP contribution in [0.3, 0.4) is 0 Å². The Morgan fingerprint density at radius 1 is 1.00 bits per heavy atom. The lowest BCUT2D eigenvalue weighted by Gasteiger charge is -2.61. The van der Waals surface area contributed by atoms with Gasteiger partial charge in [0.05, 0.1) is 12.7 Å². The van der Waals surface area contributed by atoms with Gasteiger partial charge >= 0.3 is 0 Å². The summed E-state index contributed by atoms with van der Waals surface area (Å²) >= 11 is 0. The highest BCUT2D eigenvalue weighted by atomic mass is 16.5. The molecule has 2 saturated heterocycles. The molecular weight excluding hydrogens is 212 g/mol. The minimum atomic E-state index is 0.371. The summed E-state index contributed by atoms with van der Waals surface area (Å²) in [6.45, 7) is 17.3. The Kier molecular flexibility index (Phi) is 4.11. The van der Waals surface area contributed by atoms with Crippen molar-refractivity contribution >= 4 is 0 Å². The van der Waals surface area contributed by atoms with Crippen LogP contribution in [0.15, 0.2) is 0 Å². The Hall–Kier alpha value is -0.120. The van der Waals surface area contributed by atoms with Gasteiger partial charge in [0, 0.05) is 44.7 Å². The SMILES string of the molecule is CC(C)CN1CC2(CN(CCOC(C)C)C2)C1. The number of likely N-dealkylation sites (tertiary alicyclic amines) is 2. The number of nitrogens with zero attached hydrogens (tertiary/aromatic N) is 2. The summed E-state index contributed by atoms with van der Waals surface area (Å²) in [6, 6.07) is 0. The van der Waals surface area contributed by atoms with Crippen LogP contribution < -0.4 is 0 Å². The quantitative estimate of drug-likeness (QED) is 0.702. The molecule has 2 heterocycles. The third-order valence-electron chi connectivity index (χ3n) is 3.72. The molecular formula is C14H28N2O. The van der Waals surface area contributed by atoms with Crippen molar-refractivity contribution in [1.82, 2.24) is 9.80 Å². The van der Waals surface area contributed by atoms with Gasteiger partial charge < -0.3 is 9.64 Å². The van der Waals surface area contributed by atoms with E-state index >= 15 is 0 Å². The minimum Gasteiger partial charge on any atom is -0.377 e. The second-order valence-corrected chi connectivity index (χ2v) is 6.69. The smallest absolute Gasteiger partial charge is 0.0596 e. The van der Waals surface area contributed by atoms with Gasteiger partial charge in [0.1, 0.15) is 0 Å². The van der Waals surface area contributed by atoms with Gasteiger partial charge in [0.15, 0.2) is 0 Å². The predicted octanol–water partition coefficient (Wildman–Crippen LogP) is 1.69. The van der Waals surface area contributed by atoms with Crippen LogP contribution in [0.25, 0.3) is 0 Å². The average Bonchev–Trinajstić information content (AvgIpc) is 2.08. The van der Waals surface area contributed by atoms with Gasteiger partial charge in [0.25, 0.3) is 0 Å². The molecule has 0 radical (unpaired) electrons. The first-order valence-electron chi connectivity index (χ1n) is 7.05. The van der Waals surface area contributed by atoms with Crippen molar-refractivity contribution in [3.63, 3.8) is 0 Å². The van der Waals surface area contributed by atoms with Crippen molar-refractivity contribution in [1.29, 1.82) is 0 Å². The molecule has 0 aromatic rings. The van der Waals surface area contributed by atoms with Crippen molar-refractivity contribution in [2.75, 3.05) is 45.9 Å². The zero-order chi connectivity index (χ0) is 12.5. The molecule has 0 aliphatic carbocycles. The van der Waals surface area contributed by atoms with E-state index in [0.717, 1.165) is 19.1 Å². The van der Waals surface area contributed by atoms with Crippen molar-refractivity contribution in [3.8, 4) is 0 Å². The molecule has 2 rings (SSSR count). The fourth-order valence-electron chi connectivity index (χ4n) is 3.23. The molecule has 0 saturated carbocycles. The normalized spacial score (nSPS) is 24.4. The van der Waals surface area contributed by atoms with E-state index in [1.54, 1.807) is 0 Å². The van der Waals surface area contributed by atoms with E-state index in [-0.39, 0.29) is 0 Å². The Labute approximate surface area is 106 Å². The minimum absolute atomic E-state index is 0.371. The first-order valence-corrected chi connectivity index (χ1v) is 7.05. The van der Waals surface area contributed by atoms with Gasteiger partial charge in [-0.25, -0.2) is 0 Å². The molecule has 2 fully saturated rings. The van der Waals surface area contributed by atoms with Crippen LogP contribution in [0.1, 0.15) is 27.7 Å². The van der Waals surface area contributed by atoms with E-state index in [1.807, 2.05) is 0 Å². The van der Waals surface area contributed by atoms with Gasteiger partial charge in [-0.15, -0.1) is 0 Å². The van der Waals surface area contributed by atoms with Gasteiger partial charge in [-0.2, -0.15) is 0 Å². The van der Waals surface area contributed by atoms with Crippen LogP contribution in [-0.2, 0) is 4.74 Å². The van der Waals surface area contributed by atoms with Crippen LogP contribution in [0.2, 0.25) is 0 Å². The Balaban J connectivity index is 1.55. The van der Waals surface area contributed by atoms with E-state index in [0.29, 0.717) is 11.5 Å². The van der Waals surface area contributed by atoms with Crippen molar-refractivity contribution in [3.05, 3.63) is 0 Å². The monoisotopic (exact) mass is 240 g/mol. The standard InChI is InChI=1S/C14H28N2O/c1-12(2)7-16-10-14(11-16)8-15(9-14)5-6-17-13(3)4/h12-13H,5-11H2,1-4H3. The highest BCUT2D eigenvalue weighted by molar-refractivity contribution is 5.05. The van der Waals surface area contributed by atoms with Crippen LogP contribution >= 0.6 is 0 Å². The molecule has 1 spiro atoms. The molecule has 100 valence electrons. The molecule has 3 heteroatoms. The Morgan fingerprint density at radius 3 is 2.12 bits per heavy atom. The van der Waals surface area contributed by atoms with Crippen LogP contribution in [-0.4, -0.2) is 61.8 Å². The summed E-state index contributed by atoms with van der Waals surface area (Å²) in [7, 11) is 0. The molecule has 0 unspecified atom stereocenters. The summed E-state index contributed by atoms with van der Waals surface area (Å²) in [5.41, 5.74) is 0.659. The topological polar surface area (TPSA) is 15.7 Å². The fourth-order valence-corrected chi connectivity index (χ4v) is 3.23. The molecule has 0 bridgehead atoms. The molecule has 0 aromatic heterocycles. The molecule has 0 amide bonds. The summed E-state index contributed by atoms with van der Waals surface area (Å²) < 4.78 is 5.59. The molecule has 0 N–H and O–H groups in total. The maximum Gasteiger partial charge on any atom is 0.0596 e. The van der Waals surface area contributed by atoms with Crippen molar-refractivity contribution in [2.24, 2.45) is 11.3 Å². The number of ether oxygens (including phenoxy) is 1. The Bertz CT molecular complexity index is 239. The zero-order valence-corrected chi connectivity index (χ0v) is 11.9. The van der Waals surface area contributed by atoms with E-state index in [4.69, 9.17) is 4.74 Å².